The van der Waals surface area contributed by atoms with Gasteiger partial charge in [-0.1, -0.05) is 36.4 Å². The Morgan fingerprint density at radius 3 is 2.47 bits per heavy atom. The highest BCUT2D eigenvalue weighted by atomic mass is 35.5. The predicted octanol–water partition coefficient (Wildman–Crippen LogP) is 5.67. The summed E-state index contributed by atoms with van der Waals surface area (Å²) in [7, 11) is -3.22. The Labute approximate surface area is 221 Å². The SMILES string of the molecule is C=CN=C1/C(=C\C)C(CCC(=O)N(CC)CC)=Cc2cc(Cl)ccc2C1C1CCN(S(C)(=O)=O)CC1. The van der Waals surface area contributed by atoms with Crippen LogP contribution in [-0.4, -0.2) is 61.7 Å². The minimum absolute atomic E-state index is 0.0320. The summed E-state index contributed by atoms with van der Waals surface area (Å²) in [5.74, 6) is 0.316. The van der Waals surface area contributed by atoms with Crippen LogP contribution in [0.1, 0.15) is 63.5 Å². The van der Waals surface area contributed by atoms with Crippen LogP contribution in [0.2, 0.25) is 5.02 Å². The van der Waals surface area contributed by atoms with E-state index in [1.165, 1.54) is 6.26 Å². The van der Waals surface area contributed by atoms with Crippen molar-refractivity contribution in [2.75, 3.05) is 32.4 Å². The summed E-state index contributed by atoms with van der Waals surface area (Å²) in [6.45, 7) is 12.3. The number of benzene rings is 1. The monoisotopic (exact) mass is 531 g/mol. The molecule has 0 spiro atoms. The lowest BCUT2D eigenvalue weighted by atomic mass is 9.75. The molecule has 8 heteroatoms. The smallest absolute Gasteiger partial charge is 0.222 e. The number of carbonyl (C=O) groups excluding carboxylic acids is 1. The highest BCUT2D eigenvalue weighted by Gasteiger charge is 2.37. The number of fused-ring (bicyclic) bond motifs is 1. The Morgan fingerprint density at radius 1 is 1.25 bits per heavy atom. The first-order valence-electron chi connectivity index (χ1n) is 12.7. The molecular weight excluding hydrogens is 494 g/mol. The van der Waals surface area contributed by atoms with Crippen LogP contribution in [0.5, 0.6) is 0 Å². The van der Waals surface area contributed by atoms with Crippen molar-refractivity contribution >= 4 is 39.3 Å². The zero-order chi connectivity index (χ0) is 26.5. The average molecular weight is 532 g/mol. The molecule has 2 aliphatic rings. The third-order valence-corrected chi connectivity index (χ3v) is 8.85. The highest BCUT2D eigenvalue weighted by molar-refractivity contribution is 7.88. The van der Waals surface area contributed by atoms with Crippen LogP contribution in [-0.2, 0) is 14.8 Å². The number of halogens is 1. The van der Waals surface area contributed by atoms with Crippen LogP contribution in [0.3, 0.4) is 0 Å². The molecule has 36 heavy (non-hydrogen) atoms. The second-order valence-corrected chi connectivity index (χ2v) is 11.8. The van der Waals surface area contributed by atoms with Gasteiger partial charge in [-0.15, -0.1) is 0 Å². The minimum atomic E-state index is -3.22. The number of allylic oxidation sites excluding steroid dienone is 3. The van der Waals surface area contributed by atoms with E-state index >= 15 is 0 Å². The molecule has 1 aliphatic heterocycles. The van der Waals surface area contributed by atoms with Gasteiger partial charge in [0.1, 0.15) is 0 Å². The topological polar surface area (TPSA) is 70.1 Å². The molecule has 1 heterocycles. The molecule has 1 aromatic carbocycles. The number of hydrogen-bond donors (Lipinski definition) is 0. The number of rotatable bonds is 8. The average Bonchev–Trinajstić information content (AvgIpc) is 2.96. The van der Waals surface area contributed by atoms with Crippen molar-refractivity contribution in [3.8, 4) is 0 Å². The molecule has 0 bridgehead atoms. The van der Waals surface area contributed by atoms with E-state index in [4.69, 9.17) is 16.6 Å². The molecule has 3 rings (SSSR count). The van der Waals surface area contributed by atoms with E-state index < -0.39 is 10.0 Å². The van der Waals surface area contributed by atoms with Crippen molar-refractivity contribution in [1.29, 1.82) is 0 Å². The van der Waals surface area contributed by atoms with Crippen LogP contribution in [0.4, 0.5) is 0 Å². The second-order valence-electron chi connectivity index (χ2n) is 9.39. The Bertz CT molecular complexity index is 1170. The molecule has 1 atom stereocenters. The molecule has 1 unspecified atom stereocenters. The van der Waals surface area contributed by atoms with Gasteiger partial charge in [0.15, 0.2) is 0 Å². The number of aliphatic imine (C=N–C) groups is 1. The van der Waals surface area contributed by atoms with E-state index in [1.807, 2.05) is 37.8 Å². The van der Waals surface area contributed by atoms with Gasteiger partial charge in [-0.2, -0.15) is 0 Å². The van der Waals surface area contributed by atoms with Crippen molar-refractivity contribution in [2.24, 2.45) is 10.9 Å². The summed E-state index contributed by atoms with van der Waals surface area (Å²) >= 11 is 6.43. The second kappa shape index (κ2) is 12.3. The van der Waals surface area contributed by atoms with Gasteiger partial charge in [-0.05, 0) is 80.4 Å². The lowest BCUT2D eigenvalue weighted by molar-refractivity contribution is -0.130. The summed E-state index contributed by atoms with van der Waals surface area (Å²) < 4.78 is 25.8. The van der Waals surface area contributed by atoms with Crippen LogP contribution in [0, 0.1) is 5.92 Å². The summed E-state index contributed by atoms with van der Waals surface area (Å²) in [5, 5.41) is 0.653. The standard InChI is InChI=1S/C28H38ClN3O3S/c1-6-24-21(10-13-26(33)31(8-3)9-4)18-22-19-23(29)11-12-25(22)27(28(24)30-7-2)20-14-16-32(17-15-20)36(5,34)35/h6-7,11-12,18-20,27H,2,8-10,13-17H2,1,3-5H3/b24-6-,30-28?. The molecule has 0 radical (unpaired) electrons. The third kappa shape index (κ3) is 6.36. The molecule has 196 valence electrons. The fourth-order valence-electron chi connectivity index (χ4n) is 5.48. The largest absolute Gasteiger partial charge is 0.343 e. The van der Waals surface area contributed by atoms with Gasteiger partial charge in [0.25, 0.3) is 0 Å². The van der Waals surface area contributed by atoms with Gasteiger partial charge in [-0.3, -0.25) is 9.79 Å². The Kier molecular flexibility index (Phi) is 9.72. The molecule has 1 saturated heterocycles. The van der Waals surface area contributed by atoms with E-state index in [-0.39, 0.29) is 17.7 Å². The molecule has 1 amide bonds. The molecule has 0 N–H and O–H groups in total. The zero-order valence-electron chi connectivity index (χ0n) is 21.8. The van der Waals surface area contributed by atoms with Gasteiger partial charge < -0.3 is 4.90 Å². The number of piperidine rings is 1. The minimum Gasteiger partial charge on any atom is -0.343 e. The number of sulfonamides is 1. The Hall–Kier alpha value is -2.22. The lowest BCUT2D eigenvalue weighted by Crippen LogP contribution is -2.40. The number of nitrogens with zero attached hydrogens (tertiary/aromatic N) is 3. The highest BCUT2D eigenvalue weighted by Crippen LogP contribution is 2.43. The van der Waals surface area contributed by atoms with Gasteiger partial charge >= 0.3 is 0 Å². The first-order valence-corrected chi connectivity index (χ1v) is 15.0. The summed E-state index contributed by atoms with van der Waals surface area (Å²) in [6, 6.07) is 5.95. The molecule has 0 aromatic heterocycles. The van der Waals surface area contributed by atoms with Crippen molar-refractivity contribution in [2.45, 2.75) is 52.4 Å². The van der Waals surface area contributed by atoms with Crippen molar-refractivity contribution in [1.82, 2.24) is 9.21 Å². The first kappa shape index (κ1) is 28.4. The van der Waals surface area contributed by atoms with Crippen molar-refractivity contribution < 1.29 is 13.2 Å². The summed E-state index contributed by atoms with van der Waals surface area (Å²) in [6.07, 6.45) is 9.56. The van der Waals surface area contributed by atoms with Crippen LogP contribution < -0.4 is 0 Å². The molecule has 1 fully saturated rings. The van der Waals surface area contributed by atoms with Crippen molar-refractivity contribution in [3.05, 3.63) is 64.3 Å². The van der Waals surface area contributed by atoms with Crippen molar-refractivity contribution in [3.63, 3.8) is 0 Å². The summed E-state index contributed by atoms with van der Waals surface area (Å²) in [4.78, 5) is 19.5. The maximum Gasteiger partial charge on any atom is 0.222 e. The van der Waals surface area contributed by atoms with E-state index in [2.05, 4.69) is 24.8 Å². The fraction of sp³-hybridized carbons (Fsp3) is 0.500. The van der Waals surface area contributed by atoms with Crippen LogP contribution >= 0.6 is 11.6 Å². The van der Waals surface area contributed by atoms with Gasteiger partial charge in [-0.25, -0.2) is 12.7 Å². The van der Waals surface area contributed by atoms with Gasteiger partial charge in [0.2, 0.25) is 15.9 Å². The normalized spacial score (nSPS) is 21.7. The van der Waals surface area contributed by atoms with E-state index in [9.17, 15) is 13.2 Å². The fourth-order valence-corrected chi connectivity index (χ4v) is 6.54. The van der Waals surface area contributed by atoms with E-state index in [0.29, 0.717) is 44.0 Å². The maximum absolute atomic E-state index is 12.8. The van der Waals surface area contributed by atoms with Crippen LogP contribution in [0.15, 0.2) is 53.2 Å². The maximum atomic E-state index is 12.8. The molecule has 1 aliphatic carbocycles. The van der Waals surface area contributed by atoms with Crippen LogP contribution in [0.25, 0.3) is 6.08 Å². The van der Waals surface area contributed by atoms with E-state index in [1.54, 1.807) is 10.5 Å². The number of amides is 1. The molecule has 0 saturated carbocycles. The third-order valence-electron chi connectivity index (χ3n) is 7.31. The summed E-state index contributed by atoms with van der Waals surface area (Å²) in [5.41, 5.74) is 5.15. The zero-order valence-corrected chi connectivity index (χ0v) is 23.4. The van der Waals surface area contributed by atoms with Gasteiger partial charge in [0, 0.05) is 49.7 Å². The number of carbonyl (C=O) groups is 1. The molecule has 1 aromatic rings. The Morgan fingerprint density at radius 2 is 1.92 bits per heavy atom. The van der Waals surface area contributed by atoms with Gasteiger partial charge in [0.05, 0.1) is 12.0 Å². The quantitative estimate of drug-likeness (QED) is 0.434. The van der Waals surface area contributed by atoms with E-state index in [0.717, 1.165) is 40.8 Å². The first-order chi connectivity index (χ1) is 17.1. The molecular formula is C28H38ClN3O3S. The number of hydrogen-bond acceptors (Lipinski definition) is 4. The lowest BCUT2D eigenvalue weighted by Gasteiger charge is -2.36. The predicted molar refractivity (Wildman–Crippen MR) is 150 cm³/mol. The molecule has 6 nitrogen and oxygen atoms in total. The Balaban J connectivity index is 2.04.